The van der Waals surface area contributed by atoms with E-state index >= 15 is 0 Å². The fourth-order valence-electron chi connectivity index (χ4n) is 2.63. The molecule has 1 aliphatic heterocycles. The zero-order valence-electron chi connectivity index (χ0n) is 15.6. The average molecular weight is 416 g/mol. The summed E-state index contributed by atoms with van der Waals surface area (Å²) in [6.45, 7) is -0.474. The van der Waals surface area contributed by atoms with Gasteiger partial charge in [-0.25, -0.2) is 4.39 Å². The van der Waals surface area contributed by atoms with E-state index in [1.807, 2.05) is 0 Å². The van der Waals surface area contributed by atoms with Crippen LogP contribution in [-0.4, -0.2) is 42.7 Å². The van der Waals surface area contributed by atoms with Crippen LogP contribution in [-0.2, 0) is 9.59 Å². The lowest BCUT2D eigenvalue weighted by atomic mass is 10.1. The first-order chi connectivity index (χ1) is 13.9. The van der Waals surface area contributed by atoms with Gasteiger partial charge in [0.05, 0.1) is 19.1 Å². The number of halogens is 1. The molecule has 0 unspecified atom stereocenters. The topological polar surface area (TPSA) is 84.9 Å². The van der Waals surface area contributed by atoms with Crippen molar-refractivity contribution in [1.82, 2.24) is 4.90 Å². The summed E-state index contributed by atoms with van der Waals surface area (Å²) in [6.07, 6.45) is 1.52. The summed E-state index contributed by atoms with van der Waals surface area (Å²) in [5.74, 6) is -0.653. The van der Waals surface area contributed by atoms with Crippen molar-refractivity contribution < 1.29 is 28.2 Å². The summed E-state index contributed by atoms with van der Waals surface area (Å²) in [7, 11) is 3.00. The molecular formula is C20H17FN2O5S. The van der Waals surface area contributed by atoms with Crippen LogP contribution in [0.2, 0.25) is 0 Å². The number of imide groups is 1. The number of amides is 3. The maximum Gasteiger partial charge on any atom is 0.294 e. The fraction of sp³-hybridized carbons (Fsp3) is 0.150. The number of hydrogen-bond donors (Lipinski definition) is 1. The van der Waals surface area contributed by atoms with E-state index in [-0.39, 0.29) is 10.6 Å². The van der Waals surface area contributed by atoms with Gasteiger partial charge in [0.15, 0.2) is 0 Å². The van der Waals surface area contributed by atoms with Crippen LogP contribution in [0.3, 0.4) is 0 Å². The minimum Gasteiger partial charge on any atom is -0.497 e. The molecule has 3 rings (SSSR count). The van der Waals surface area contributed by atoms with E-state index in [0.29, 0.717) is 17.1 Å². The van der Waals surface area contributed by atoms with Gasteiger partial charge in [-0.05, 0) is 48.2 Å². The second-order valence-electron chi connectivity index (χ2n) is 5.93. The van der Waals surface area contributed by atoms with Crippen LogP contribution in [0.25, 0.3) is 6.08 Å². The van der Waals surface area contributed by atoms with Crippen LogP contribution in [0, 0.1) is 5.82 Å². The average Bonchev–Trinajstić information content (AvgIpc) is 2.95. The Morgan fingerprint density at radius 1 is 1.17 bits per heavy atom. The third-order valence-corrected chi connectivity index (χ3v) is 4.92. The van der Waals surface area contributed by atoms with Crippen molar-refractivity contribution in [3.8, 4) is 11.5 Å². The molecule has 0 atom stereocenters. The highest BCUT2D eigenvalue weighted by molar-refractivity contribution is 8.18. The van der Waals surface area contributed by atoms with Crippen molar-refractivity contribution in [1.29, 1.82) is 0 Å². The van der Waals surface area contributed by atoms with Gasteiger partial charge >= 0.3 is 0 Å². The molecule has 1 saturated heterocycles. The number of ether oxygens (including phenoxy) is 2. The number of methoxy groups -OCH3 is 2. The SMILES string of the molecule is COc1ccc(/C=C2/SC(=O)N(CC(=O)Nc3cccc(F)c3)C2=O)c(OC)c1. The molecule has 3 amide bonds. The summed E-state index contributed by atoms with van der Waals surface area (Å²) in [5.41, 5.74) is 0.823. The van der Waals surface area contributed by atoms with Crippen molar-refractivity contribution in [3.63, 3.8) is 0 Å². The molecule has 9 heteroatoms. The standard InChI is InChI=1S/C20H17FN2O5S/c1-27-15-7-6-12(16(10-15)28-2)8-17-19(25)23(20(26)29-17)11-18(24)22-14-5-3-4-13(21)9-14/h3-10H,11H2,1-2H3,(H,22,24)/b17-8+. The van der Waals surface area contributed by atoms with E-state index < -0.39 is 29.4 Å². The van der Waals surface area contributed by atoms with Gasteiger partial charge in [0.25, 0.3) is 11.1 Å². The number of anilines is 1. The van der Waals surface area contributed by atoms with Crippen molar-refractivity contribution in [2.75, 3.05) is 26.1 Å². The second-order valence-corrected chi connectivity index (χ2v) is 6.93. The number of carbonyl (C=O) groups excluding carboxylic acids is 3. The van der Waals surface area contributed by atoms with Gasteiger partial charge in [0.1, 0.15) is 23.9 Å². The molecule has 150 valence electrons. The Kier molecular flexibility index (Phi) is 6.18. The van der Waals surface area contributed by atoms with Crippen LogP contribution in [0.4, 0.5) is 14.9 Å². The van der Waals surface area contributed by atoms with Crippen LogP contribution in [0.15, 0.2) is 47.4 Å². The predicted octanol–water partition coefficient (Wildman–Crippen LogP) is 3.52. The Morgan fingerprint density at radius 2 is 1.97 bits per heavy atom. The zero-order valence-corrected chi connectivity index (χ0v) is 16.4. The van der Waals surface area contributed by atoms with Crippen molar-refractivity contribution in [3.05, 3.63) is 58.8 Å². The van der Waals surface area contributed by atoms with Crippen LogP contribution >= 0.6 is 11.8 Å². The normalized spacial score (nSPS) is 15.0. The van der Waals surface area contributed by atoms with Crippen molar-refractivity contribution in [2.45, 2.75) is 0 Å². The Bertz CT molecular complexity index is 1010. The molecule has 0 radical (unpaired) electrons. The molecule has 2 aromatic carbocycles. The van der Waals surface area contributed by atoms with Crippen LogP contribution in [0.5, 0.6) is 11.5 Å². The molecule has 7 nitrogen and oxygen atoms in total. The molecule has 0 saturated carbocycles. The van der Waals surface area contributed by atoms with Gasteiger partial charge < -0.3 is 14.8 Å². The number of rotatable bonds is 6. The highest BCUT2D eigenvalue weighted by atomic mass is 32.2. The third-order valence-electron chi connectivity index (χ3n) is 4.01. The Morgan fingerprint density at radius 3 is 2.66 bits per heavy atom. The summed E-state index contributed by atoms with van der Waals surface area (Å²) >= 11 is 0.728. The van der Waals surface area contributed by atoms with Gasteiger partial charge in [0, 0.05) is 17.3 Å². The van der Waals surface area contributed by atoms with Crippen molar-refractivity contribution in [2.24, 2.45) is 0 Å². The lowest BCUT2D eigenvalue weighted by Gasteiger charge is -2.12. The highest BCUT2D eigenvalue weighted by Gasteiger charge is 2.36. The predicted molar refractivity (Wildman–Crippen MR) is 107 cm³/mol. The third kappa shape index (κ3) is 4.75. The minimum atomic E-state index is -0.610. The number of hydrogen-bond acceptors (Lipinski definition) is 6. The lowest BCUT2D eigenvalue weighted by molar-refractivity contribution is -0.127. The van der Waals surface area contributed by atoms with Gasteiger partial charge in [-0.15, -0.1) is 0 Å². The fourth-order valence-corrected chi connectivity index (χ4v) is 3.45. The number of carbonyl (C=O) groups is 3. The number of nitrogens with zero attached hydrogens (tertiary/aromatic N) is 1. The highest BCUT2D eigenvalue weighted by Crippen LogP contribution is 2.34. The first-order valence-corrected chi connectivity index (χ1v) is 9.25. The monoisotopic (exact) mass is 416 g/mol. The molecule has 1 fully saturated rings. The van der Waals surface area contributed by atoms with Crippen molar-refractivity contribution >= 4 is 40.6 Å². The van der Waals surface area contributed by atoms with E-state index in [1.54, 1.807) is 18.2 Å². The number of benzene rings is 2. The van der Waals surface area contributed by atoms with E-state index in [9.17, 15) is 18.8 Å². The maximum atomic E-state index is 13.2. The smallest absolute Gasteiger partial charge is 0.294 e. The molecule has 2 aromatic rings. The second kappa shape index (κ2) is 8.78. The molecule has 1 aliphatic rings. The van der Waals surface area contributed by atoms with E-state index in [1.165, 1.54) is 38.5 Å². The van der Waals surface area contributed by atoms with Gasteiger partial charge in [-0.1, -0.05) is 6.07 Å². The van der Waals surface area contributed by atoms with E-state index in [4.69, 9.17) is 9.47 Å². The molecular weight excluding hydrogens is 399 g/mol. The van der Waals surface area contributed by atoms with Gasteiger partial charge in [0.2, 0.25) is 5.91 Å². The number of nitrogens with one attached hydrogen (secondary N) is 1. The summed E-state index contributed by atoms with van der Waals surface area (Å²) in [6, 6.07) is 10.4. The Hall–Kier alpha value is -3.33. The van der Waals surface area contributed by atoms with Gasteiger partial charge in [-0.2, -0.15) is 0 Å². The Balaban J connectivity index is 1.74. The molecule has 0 spiro atoms. The van der Waals surface area contributed by atoms with E-state index in [2.05, 4.69) is 5.32 Å². The van der Waals surface area contributed by atoms with Crippen LogP contribution in [0.1, 0.15) is 5.56 Å². The van der Waals surface area contributed by atoms with Crippen LogP contribution < -0.4 is 14.8 Å². The lowest BCUT2D eigenvalue weighted by Crippen LogP contribution is -2.36. The first-order valence-electron chi connectivity index (χ1n) is 8.44. The van der Waals surface area contributed by atoms with E-state index in [0.717, 1.165) is 22.7 Å². The minimum absolute atomic E-state index is 0.164. The largest absolute Gasteiger partial charge is 0.497 e. The molecule has 0 bridgehead atoms. The summed E-state index contributed by atoms with van der Waals surface area (Å²) in [5, 5.41) is 1.89. The summed E-state index contributed by atoms with van der Waals surface area (Å²) < 4.78 is 23.6. The Labute approximate surface area is 170 Å². The molecule has 29 heavy (non-hydrogen) atoms. The molecule has 1 heterocycles. The first kappa shape index (κ1) is 20.4. The maximum absolute atomic E-state index is 13.2. The van der Waals surface area contributed by atoms with Gasteiger partial charge in [-0.3, -0.25) is 19.3 Å². The quantitative estimate of drug-likeness (QED) is 0.726. The zero-order chi connectivity index (χ0) is 21.0. The molecule has 0 aliphatic carbocycles. The molecule has 1 N–H and O–H groups in total. The number of thioether (sulfide) groups is 1. The molecule has 0 aromatic heterocycles. The summed E-state index contributed by atoms with van der Waals surface area (Å²) in [4.78, 5) is 38.0.